The number of rotatable bonds is 5. The molecule has 0 fully saturated rings. The maximum absolute atomic E-state index is 11.9. The summed E-state index contributed by atoms with van der Waals surface area (Å²) in [6.45, 7) is 3.58. The number of nitrogens with zero attached hydrogens (tertiary/aromatic N) is 1. The van der Waals surface area contributed by atoms with Gasteiger partial charge in [-0.25, -0.2) is 4.98 Å². The van der Waals surface area contributed by atoms with Crippen molar-refractivity contribution < 1.29 is 14.7 Å². The minimum Gasteiger partial charge on any atom is -0.481 e. The fraction of sp³-hybridized carbons (Fsp3) is 0.417. The Morgan fingerprint density at radius 1 is 1.44 bits per heavy atom. The highest BCUT2D eigenvalue weighted by Crippen LogP contribution is 2.13. The van der Waals surface area contributed by atoms with Gasteiger partial charge in [0.1, 0.15) is 4.60 Å². The Hall–Kier alpha value is -1.43. The molecule has 98 valence electrons. The molecule has 0 unspecified atom stereocenters. The first-order valence-electron chi connectivity index (χ1n) is 5.46. The number of carboxylic acid groups (broad SMARTS) is 1. The van der Waals surface area contributed by atoms with Gasteiger partial charge in [-0.05, 0) is 48.3 Å². The van der Waals surface area contributed by atoms with E-state index < -0.39 is 11.5 Å². The van der Waals surface area contributed by atoms with E-state index in [1.807, 2.05) is 0 Å². The first-order valence-corrected chi connectivity index (χ1v) is 6.25. The molecule has 0 aliphatic rings. The Kier molecular flexibility index (Phi) is 4.84. The Morgan fingerprint density at radius 2 is 2.11 bits per heavy atom. The number of carbonyl (C=O) groups excluding carboxylic acids is 1. The van der Waals surface area contributed by atoms with Crippen LogP contribution in [0.5, 0.6) is 0 Å². The quantitative estimate of drug-likeness (QED) is 0.817. The molecule has 0 spiro atoms. The van der Waals surface area contributed by atoms with Crippen molar-refractivity contribution >= 4 is 27.8 Å². The summed E-state index contributed by atoms with van der Waals surface area (Å²) in [7, 11) is 0. The number of hydrogen-bond donors (Lipinski definition) is 2. The van der Waals surface area contributed by atoms with Crippen molar-refractivity contribution in [3.8, 4) is 0 Å². The minimum atomic E-state index is -0.873. The summed E-state index contributed by atoms with van der Waals surface area (Å²) in [6.07, 6.45) is 1.86. The molecule has 5 nitrogen and oxygen atoms in total. The van der Waals surface area contributed by atoms with E-state index in [0.717, 1.165) is 0 Å². The van der Waals surface area contributed by atoms with Crippen molar-refractivity contribution in [3.63, 3.8) is 0 Å². The molecule has 0 radical (unpaired) electrons. The summed E-state index contributed by atoms with van der Waals surface area (Å²) < 4.78 is 0.657. The number of carbonyl (C=O) groups is 2. The van der Waals surface area contributed by atoms with Gasteiger partial charge in [0.05, 0.1) is 5.56 Å². The fourth-order valence-electron chi connectivity index (χ4n) is 1.37. The molecule has 0 saturated heterocycles. The smallest absolute Gasteiger partial charge is 0.303 e. The number of pyridine rings is 1. The lowest BCUT2D eigenvalue weighted by Gasteiger charge is -2.25. The van der Waals surface area contributed by atoms with Crippen LogP contribution in [0.15, 0.2) is 22.9 Å². The van der Waals surface area contributed by atoms with E-state index in [4.69, 9.17) is 5.11 Å². The number of amides is 1. The predicted molar refractivity (Wildman–Crippen MR) is 70.4 cm³/mol. The largest absolute Gasteiger partial charge is 0.481 e. The zero-order chi connectivity index (χ0) is 13.8. The van der Waals surface area contributed by atoms with Gasteiger partial charge in [-0.1, -0.05) is 0 Å². The lowest BCUT2D eigenvalue weighted by atomic mass is 9.98. The van der Waals surface area contributed by atoms with E-state index in [2.05, 4.69) is 26.2 Å². The van der Waals surface area contributed by atoms with Crippen LogP contribution in [-0.4, -0.2) is 27.5 Å². The third-order valence-electron chi connectivity index (χ3n) is 2.41. The molecule has 1 heterocycles. The van der Waals surface area contributed by atoms with E-state index in [0.29, 0.717) is 16.6 Å². The summed E-state index contributed by atoms with van der Waals surface area (Å²) in [4.78, 5) is 26.4. The van der Waals surface area contributed by atoms with Gasteiger partial charge >= 0.3 is 5.97 Å². The van der Waals surface area contributed by atoms with Crippen molar-refractivity contribution in [2.45, 2.75) is 32.2 Å². The molecule has 6 heteroatoms. The lowest BCUT2D eigenvalue weighted by Crippen LogP contribution is -2.43. The Balaban J connectivity index is 2.63. The summed E-state index contributed by atoms with van der Waals surface area (Å²) in [5, 5.41) is 11.4. The molecule has 0 saturated carbocycles. The van der Waals surface area contributed by atoms with Crippen LogP contribution in [0.1, 0.15) is 37.0 Å². The van der Waals surface area contributed by atoms with Crippen LogP contribution < -0.4 is 5.32 Å². The van der Waals surface area contributed by atoms with E-state index in [1.54, 1.807) is 26.0 Å². The highest BCUT2D eigenvalue weighted by Gasteiger charge is 2.22. The normalized spacial score (nSPS) is 11.1. The Morgan fingerprint density at radius 3 is 2.61 bits per heavy atom. The summed E-state index contributed by atoms with van der Waals surface area (Å²) in [6, 6.07) is 3.33. The molecule has 0 aliphatic carbocycles. The molecule has 18 heavy (non-hydrogen) atoms. The average Bonchev–Trinajstić information content (AvgIpc) is 2.27. The molecule has 1 amide bonds. The van der Waals surface area contributed by atoms with Gasteiger partial charge in [-0.15, -0.1) is 0 Å². The van der Waals surface area contributed by atoms with Crippen LogP contribution in [0.3, 0.4) is 0 Å². The molecule has 1 aromatic heterocycles. The molecule has 0 aliphatic heterocycles. The van der Waals surface area contributed by atoms with E-state index >= 15 is 0 Å². The number of nitrogens with one attached hydrogen (secondary N) is 1. The first kappa shape index (κ1) is 14.6. The maximum atomic E-state index is 11.9. The van der Waals surface area contributed by atoms with Crippen molar-refractivity contribution in [1.82, 2.24) is 10.3 Å². The number of aromatic nitrogens is 1. The third-order valence-corrected chi connectivity index (χ3v) is 2.87. The predicted octanol–water partition coefficient (Wildman–Crippen LogP) is 2.22. The maximum Gasteiger partial charge on any atom is 0.303 e. The standard InChI is InChI=1S/C12H15BrN2O3/c1-12(2,6-5-10(16)17)15-11(18)8-3-4-9(13)14-7-8/h3-4,7H,5-6H2,1-2H3,(H,15,18)(H,16,17). The molecule has 1 aromatic rings. The second kappa shape index (κ2) is 5.95. The van der Waals surface area contributed by atoms with E-state index in [9.17, 15) is 9.59 Å². The van der Waals surface area contributed by atoms with Gasteiger partial charge < -0.3 is 10.4 Å². The van der Waals surface area contributed by atoms with Crippen molar-refractivity contribution in [1.29, 1.82) is 0 Å². The zero-order valence-corrected chi connectivity index (χ0v) is 11.8. The minimum absolute atomic E-state index is 0.0197. The number of halogens is 1. The van der Waals surface area contributed by atoms with Crippen molar-refractivity contribution in [2.75, 3.05) is 0 Å². The molecular weight excluding hydrogens is 300 g/mol. The second-order valence-electron chi connectivity index (χ2n) is 4.60. The number of carboxylic acids is 1. The second-order valence-corrected chi connectivity index (χ2v) is 5.41. The molecule has 0 aromatic carbocycles. The lowest BCUT2D eigenvalue weighted by molar-refractivity contribution is -0.137. The monoisotopic (exact) mass is 314 g/mol. The van der Waals surface area contributed by atoms with E-state index in [1.165, 1.54) is 6.20 Å². The van der Waals surface area contributed by atoms with Gasteiger partial charge in [-0.3, -0.25) is 9.59 Å². The Labute approximate surface area is 114 Å². The highest BCUT2D eigenvalue weighted by molar-refractivity contribution is 9.10. The number of hydrogen-bond acceptors (Lipinski definition) is 3. The SMILES string of the molecule is CC(C)(CCC(=O)O)NC(=O)c1ccc(Br)nc1. The van der Waals surface area contributed by atoms with Crippen LogP contribution in [0, 0.1) is 0 Å². The molecular formula is C12H15BrN2O3. The van der Waals surface area contributed by atoms with Gasteiger partial charge in [0.25, 0.3) is 5.91 Å². The molecule has 0 bridgehead atoms. The first-order chi connectivity index (χ1) is 8.30. The third kappa shape index (κ3) is 4.83. The van der Waals surface area contributed by atoms with Crippen LogP contribution in [-0.2, 0) is 4.79 Å². The van der Waals surface area contributed by atoms with Crippen LogP contribution in [0.2, 0.25) is 0 Å². The van der Waals surface area contributed by atoms with Crippen LogP contribution in [0.4, 0.5) is 0 Å². The van der Waals surface area contributed by atoms with Crippen LogP contribution in [0.25, 0.3) is 0 Å². The van der Waals surface area contributed by atoms with Gasteiger partial charge in [0.2, 0.25) is 0 Å². The summed E-state index contributed by atoms with van der Waals surface area (Å²) in [5.74, 6) is -1.13. The summed E-state index contributed by atoms with van der Waals surface area (Å²) in [5.41, 5.74) is -0.121. The molecule has 0 atom stereocenters. The van der Waals surface area contributed by atoms with Crippen molar-refractivity contribution in [2.24, 2.45) is 0 Å². The van der Waals surface area contributed by atoms with Crippen LogP contribution >= 0.6 is 15.9 Å². The fourth-order valence-corrected chi connectivity index (χ4v) is 1.61. The number of aliphatic carboxylic acids is 1. The molecule has 1 rings (SSSR count). The van der Waals surface area contributed by atoms with Gasteiger partial charge in [0, 0.05) is 18.2 Å². The van der Waals surface area contributed by atoms with Crippen molar-refractivity contribution in [3.05, 3.63) is 28.5 Å². The topological polar surface area (TPSA) is 79.3 Å². The Bertz CT molecular complexity index is 443. The zero-order valence-electron chi connectivity index (χ0n) is 10.2. The van der Waals surface area contributed by atoms with Gasteiger partial charge in [-0.2, -0.15) is 0 Å². The van der Waals surface area contributed by atoms with Gasteiger partial charge in [0.15, 0.2) is 0 Å². The molecule has 2 N–H and O–H groups in total. The average molecular weight is 315 g/mol. The highest BCUT2D eigenvalue weighted by atomic mass is 79.9. The van der Waals surface area contributed by atoms with E-state index in [-0.39, 0.29) is 12.3 Å². The summed E-state index contributed by atoms with van der Waals surface area (Å²) >= 11 is 3.19.